The van der Waals surface area contributed by atoms with E-state index in [1.165, 1.54) is 7.14 Å². The molecule has 1 aromatic carbocycles. The molecule has 0 aromatic heterocycles. The Morgan fingerprint density at radius 1 is 0.700 bits per heavy atom. The Labute approximate surface area is 114 Å². The SMILES string of the molecule is Ic1c#cc(I)c(I)c1I. The van der Waals surface area contributed by atoms with Crippen LogP contribution in [-0.4, -0.2) is 0 Å². The van der Waals surface area contributed by atoms with Gasteiger partial charge in [0.2, 0.25) is 0 Å². The molecule has 1 aromatic rings. The van der Waals surface area contributed by atoms with E-state index in [1.807, 2.05) is 0 Å². The van der Waals surface area contributed by atoms with Crippen molar-refractivity contribution in [2.24, 2.45) is 0 Å². The lowest BCUT2D eigenvalue weighted by Crippen LogP contribution is -1.85. The summed E-state index contributed by atoms with van der Waals surface area (Å²) in [5.41, 5.74) is 0. The van der Waals surface area contributed by atoms with Crippen LogP contribution >= 0.6 is 90.4 Å². The highest BCUT2D eigenvalue weighted by Gasteiger charge is 2.02. The van der Waals surface area contributed by atoms with Crippen LogP contribution in [0.2, 0.25) is 0 Å². The molecule has 0 nitrogen and oxygen atoms in total. The van der Waals surface area contributed by atoms with E-state index >= 15 is 0 Å². The molecule has 0 aliphatic heterocycles. The Balaban J connectivity index is 3.34. The van der Waals surface area contributed by atoms with Gasteiger partial charge in [-0.3, -0.25) is 0 Å². The van der Waals surface area contributed by atoms with Crippen LogP contribution in [0.4, 0.5) is 0 Å². The summed E-state index contributed by atoms with van der Waals surface area (Å²) in [6, 6.07) is 6.10. The van der Waals surface area contributed by atoms with Crippen molar-refractivity contribution in [3.8, 4) is 0 Å². The van der Waals surface area contributed by atoms with Crippen LogP contribution in [0.15, 0.2) is 0 Å². The second-order valence-corrected chi connectivity index (χ2v) is 5.82. The van der Waals surface area contributed by atoms with E-state index in [2.05, 4.69) is 102 Å². The molecule has 0 fully saturated rings. The first kappa shape index (κ1) is 10.0. The van der Waals surface area contributed by atoms with E-state index in [0.29, 0.717) is 0 Å². The van der Waals surface area contributed by atoms with Gasteiger partial charge in [-0.1, -0.05) is 12.1 Å². The smallest absolute Gasteiger partial charge is 0.0533 e. The Morgan fingerprint density at radius 3 is 1.30 bits per heavy atom. The summed E-state index contributed by atoms with van der Waals surface area (Å²) in [4.78, 5) is 0. The number of rotatable bonds is 0. The highest BCUT2D eigenvalue weighted by molar-refractivity contribution is 14.1. The molecule has 10 heavy (non-hydrogen) atoms. The van der Waals surface area contributed by atoms with Crippen LogP contribution in [0, 0.1) is 26.4 Å². The summed E-state index contributed by atoms with van der Waals surface area (Å²) in [5.74, 6) is 0. The molecule has 0 N–H and O–H groups in total. The maximum atomic E-state index is 3.05. The van der Waals surface area contributed by atoms with Gasteiger partial charge in [-0.15, -0.1) is 0 Å². The molecule has 0 saturated heterocycles. The average Bonchev–Trinajstić information content (AvgIpc) is 1.93. The number of hydrogen-bond acceptors (Lipinski definition) is 0. The fraction of sp³-hybridized carbons (Fsp3) is 0. The predicted molar refractivity (Wildman–Crippen MR) is 75.0 cm³/mol. The van der Waals surface area contributed by atoms with E-state index in [0.717, 1.165) is 7.14 Å². The third-order valence-electron chi connectivity index (χ3n) is 0.860. The van der Waals surface area contributed by atoms with Gasteiger partial charge >= 0.3 is 0 Å². The minimum Gasteiger partial charge on any atom is -0.0533 e. The molecule has 0 aliphatic rings. The van der Waals surface area contributed by atoms with Gasteiger partial charge in [0.1, 0.15) is 0 Å². The van der Waals surface area contributed by atoms with Crippen molar-refractivity contribution in [3.63, 3.8) is 0 Å². The van der Waals surface area contributed by atoms with Crippen LogP contribution in [0.1, 0.15) is 0 Å². The minimum absolute atomic E-state index is 1.16. The van der Waals surface area contributed by atoms with Crippen LogP contribution < -0.4 is 0 Å². The van der Waals surface area contributed by atoms with Gasteiger partial charge in [0.25, 0.3) is 0 Å². The summed E-state index contributed by atoms with van der Waals surface area (Å²) >= 11 is 9.18. The molecular formula is C6I4. The largest absolute Gasteiger partial charge is 0.0777 e. The molecule has 0 bridgehead atoms. The quantitative estimate of drug-likeness (QED) is 0.412. The standard InChI is InChI=1S/C6I4/c7-3-1-2-4(8)6(10)5(3)9. The Kier molecular flexibility index (Phi) is 4.29. The Hall–Kier alpha value is 1.96. The first-order valence-corrected chi connectivity index (χ1v) is 6.57. The third kappa shape index (κ3) is 2.22. The zero-order chi connectivity index (χ0) is 7.72. The Morgan fingerprint density at radius 2 is 1.00 bits per heavy atom. The fourth-order valence-corrected chi connectivity index (χ4v) is 3.06. The van der Waals surface area contributed by atoms with E-state index in [9.17, 15) is 0 Å². The first-order valence-electron chi connectivity index (χ1n) is 2.26. The Bertz CT molecular complexity index is 229. The summed E-state index contributed by atoms with van der Waals surface area (Å²) in [5, 5.41) is 0. The zero-order valence-electron chi connectivity index (χ0n) is 4.51. The van der Waals surface area contributed by atoms with Gasteiger partial charge in [-0.05, 0) is 90.4 Å². The molecule has 0 saturated carbocycles. The summed E-state index contributed by atoms with van der Waals surface area (Å²) in [7, 11) is 0. The molecule has 0 unspecified atom stereocenters. The van der Waals surface area contributed by atoms with Gasteiger partial charge in [-0.25, -0.2) is 0 Å². The lowest BCUT2D eigenvalue weighted by molar-refractivity contribution is 1.50. The van der Waals surface area contributed by atoms with Crippen LogP contribution in [0.5, 0.6) is 0 Å². The molecule has 52 valence electrons. The fourth-order valence-electron chi connectivity index (χ4n) is 0.412. The number of hydrogen-bond donors (Lipinski definition) is 0. The van der Waals surface area contributed by atoms with Gasteiger partial charge in [-0.2, -0.15) is 0 Å². The summed E-state index contributed by atoms with van der Waals surface area (Å²) in [6.45, 7) is 0. The second-order valence-electron chi connectivity index (χ2n) is 1.51. The van der Waals surface area contributed by atoms with Crippen molar-refractivity contribution in [2.75, 3.05) is 0 Å². The lowest BCUT2D eigenvalue weighted by Gasteiger charge is -1.95. The molecular weight excluding hydrogens is 580 g/mol. The molecule has 0 aliphatic carbocycles. The van der Waals surface area contributed by atoms with Crippen molar-refractivity contribution in [3.05, 3.63) is 26.4 Å². The van der Waals surface area contributed by atoms with E-state index in [-0.39, 0.29) is 0 Å². The van der Waals surface area contributed by atoms with Gasteiger partial charge < -0.3 is 0 Å². The molecule has 0 spiro atoms. The van der Waals surface area contributed by atoms with Gasteiger partial charge in [0.05, 0.1) is 7.14 Å². The van der Waals surface area contributed by atoms with Crippen LogP contribution in [-0.2, 0) is 0 Å². The van der Waals surface area contributed by atoms with Crippen LogP contribution in [0.3, 0.4) is 0 Å². The second kappa shape index (κ2) is 4.27. The van der Waals surface area contributed by atoms with Gasteiger partial charge in [0.15, 0.2) is 0 Å². The van der Waals surface area contributed by atoms with Crippen LogP contribution in [0.25, 0.3) is 0 Å². The highest BCUT2D eigenvalue weighted by Crippen LogP contribution is 2.22. The van der Waals surface area contributed by atoms with Crippen molar-refractivity contribution in [1.82, 2.24) is 0 Å². The average molecular weight is 580 g/mol. The van der Waals surface area contributed by atoms with Gasteiger partial charge in [0, 0.05) is 7.14 Å². The topological polar surface area (TPSA) is 0 Å². The normalized spacial score (nSPS) is 9.20. The molecule has 0 radical (unpaired) electrons. The lowest BCUT2D eigenvalue weighted by atomic mass is 10.4. The van der Waals surface area contributed by atoms with E-state index in [1.54, 1.807) is 0 Å². The monoisotopic (exact) mass is 580 g/mol. The zero-order valence-corrected chi connectivity index (χ0v) is 13.1. The minimum atomic E-state index is 1.16. The summed E-state index contributed by atoms with van der Waals surface area (Å²) < 4.78 is 4.87. The van der Waals surface area contributed by atoms with E-state index in [4.69, 9.17) is 0 Å². The van der Waals surface area contributed by atoms with Crippen molar-refractivity contribution in [1.29, 1.82) is 0 Å². The summed E-state index contributed by atoms with van der Waals surface area (Å²) in [6.07, 6.45) is 0. The predicted octanol–water partition coefficient (Wildman–Crippen LogP) is 3.71. The maximum Gasteiger partial charge on any atom is 0.0777 e. The molecule has 1 rings (SSSR count). The third-order valence-corrected chi connectivity index (χ3v) is 7.73. The van der Waals surface area contributed by atoms with E-state index < -0.39 is 0 Å². The molecule has 0 atom stereocenters. The molecule has 0 heterocycles. The highest BCUT2D eigenvalue weighted by atomic mass is 127. The first-order chi connectivity index (χ1) is 4.63. The maximum absolute atomic E-state index is 3.05. The molecule has 0 amide bonds. The van der Waals surface area contributed by atoms with Crippen molar-refractivity contribution >= 4 is 90.4 Å². The van der Waals surface area contributed by atoms with Crippen molar-refractivity contribution < 1.29 is 0 Å². The molecule has 4 heteroatoms. The van der Waals surface area contributed by atoms with Crippen molar-refractivity contribution in [2.45, 2.75) is 0 Å². The number of halogens is 4.